The maximum absolute atomic E-state index is 11.3. The van der Waals surface area contributed by atoms with Gasteiger partial charge in [0, 0.05) is 6.20 Å². The van der Waals surface area contributed by atoms with E-state index in [1.807, 2.05) is 0 Å². The van der Waals surface area contributed by atoms with Crippen molar-refractivity contribution in [3.05, 3.63) is 29.0 Å². The minimum Gasteiger partial charge on any atom is -0.475 e. The molecule has 15 heavy (non-hydrogen) atoms. The van der Waals surface area contributed by atoms with Gasteiger partial charge in [0.15, 0.2) is 5.78 Å². The predicted octanol–water partition coefficient (Wildman–Crippen LogP) is 0.962. The van der Waals surface area contributed by atoms with E-state index in [0.717, 1.165) is 0 Å². The number of carboxylic acid groups (broad SMARTS) is 1. The van der Waals surface area contributed by atoms with Gasteiger partial charge in [0.1, 0.15) is 5.69 Å². The summed E-state index contributed by atoms with van der Waals surface area (Å²) in [5.74, 6) is -3.42. The number of ketones is 2. The van der Waals surface area contributed by atoms with Gasteiger partial charge in [-0.3, -0.25) is 14.6 Å². The largest absolute Gasteiger partial charge is 0.475 e. The van der Waals surface area contributed by atoms with Crippen LogP contribution in [0.15, 0.2) is 18.3 Å². The first kappa shape index (κ1) is 11.3. The van der Waals surface area contributed by atoms with Crippen molar-refractivity contribution < 1.29 is 19.5 Å². The second-order valence-corrected chi connectivity index (χ2v) is 3.13. The topological polar surface area (TPSA) is 84.3 Å². The number of aliphatic carboxylic acids is 1. The first-order valence-corrected chi connectivity index (χ1v) is 4.29. The molecule has 0 saturated heterocycles. The third-order valence-electron chi connectivity index (χ3n) is 1.57. The fourth-order valence-corrected chi connectivity index (χ4v) is 0.965. The Balaban J connectivity index is 2.74. The number of halogens is 1. The van der Waals surface area contributed by atoms with Crippen LogP contribution in [-0.4, -0.2) is 27.6 Å². The zero-order valence-electron chi connectivity index (χ0n) is 7.44. The predicted molar refractivity (Wildman–Crippen MR) is 50.8 cm³/mol. The van der Waals surface area contributed by atoms with Crippen molar-refractivity contribution in [2.45, 2.75) is 6.42 Å². The first-order valence-electron chi connectivity index (χ1n) is 3.91. The van der Waals surface area contributed by atoms with Crippen molar-refractivity contribution in [1.29, 1.82) is 0 Å². The average molecular weight is 228 g/mol. The second-order valence-electron chi connectivity index (χ2n) is 2.69. The number of hydrogen-bond acceptors (Lipinski definition) is 4. The monoisotopic (exact) mass is 227 g/mol. The van der Waals surface area contributed by atoms with Gasteiger partial charge in [-0.15, -0.1) is 0 Å². The van der Waals surface area contributed by atoms with Crippen LogP contribution in [0.25, 0.3) is 0 Å². The molecule has 1 rings (SSSR count). The highest BCUT2D eigenvalue weighted by Gasteiger charge is 2.18. The molecule has 1 N–H and O–H groups in total. The molecule has 0 spiro atoms. The minimum absolute atomic E-state index is 0.0222. The molecule has 5 nitrogen and oxygen atoms in total. The summed E-state index contributed by atoms with van der Waals surface area (Å²) in [6.45, 7) is 0. The normalized spacial score (nSPS) is 9.67. The highest BCUT2D eigenvalue weighted by atomic mass is 35.5. The highest BCUT2D eigenvalue weighted by molar-refractivity contribution is 6.37. The van der Waals surface area contributed by atoms with Crippen LogP contribution in [0, 0.1) is 0 Å². The Labute approximate surface area is 89.7 Å². The van der Waals surface area contributed by atoms with E-state index in [1.165, 1.54) is 18.3 Å². The Morgan fingerprint density at radius 2 is 2.00 bits per heavy atom. The van der Waals surface area contributed by atoms with Gasteiger partial charge in [-0.1, -0.05) is 11.6 Å². The minimum atomic E-state index is -1.63. The standard InChI is InChI=1S/C9H6ClNO4/c10-5-1-2-6(11-4-5)7(12)3-8(13)9(14)15/h1-2,4H,3H2,(H,14,15). The van der Waals surface area contributed by atoms with Crippen molar-refractivity contribution in [3.8, 4) is 0 Å². The molecule has 0 aliphatic rings. The van der Waals surface area contributed by atoms with Gasteiger partial charge in [0.25, 0.3) is 0 Å². The molecule has 0 saturated carbocycles. The van der Waals surface area contributed by atoms with Crippen LogP contribution in [0.5, 0.6) is 0 Å². The van der Waals surface area contributed by atoms with E-state index in [2.05, 4.69) is 4.98 Å². The molecular formula is C9H6ClNO4. The van der Waals surface area contributed by atoms with E-state index >= 15 is 0 Å². The quantitative estimate of drug-likeness (QED) is 0.471. The van der Waals surface area contributed by atoms with Crippen LogP contribution in [0.1, 0.15) is 16.9 Å². The summed E-state index contributed by atoms with van der Waals surface area (Å²) >= 11 is 5.54. The average Bonchev–Trinajstić information content (AvgIpc) is 2.18. The summed E-state index contributed by atoms with van der Waals surface area (Å²) in [6, 6.07) is 2.77. The van der Waals surface area contributed by atoms with Crippen molar-refractivity contribution >= 4 is 29.1 Å². The molecule has 0 unspecified atom stereocenters. The molecular weight excluding hydrogens is 222 g/mol. The van der Waals surface area contributed by atoms with Gasteiger partial charge in [-0.2, -0.15) is 0 Å². The molecule has 0 radical (unpaired) electrons. The second kappa shape index (κ2) is 4.65. The number of Topliss-reactive ketones (excluding diaryl/α,β-unsaturated/α-hetero) is 2. The summed E-state index contributed by atoms with van der Waals surface area (Å²) in [7, 11) is 0. The fraction of sp³-hybridized carbons (Fsp3) is 0.111. The van der Waals surface area contributed by atoms with Crippen molar-refractivity contribution in [2.75, 3.05) is 0 Å². The van der Waals surface area contributed by atoms with Crippen LogP contribution in [0.3, 0.4) is 0 Å². The van der Waals surface area contributed by atoms with Crippen LogP contribution in [0.2, 0.25) is 5.02 Å². The number of pyridine rings is 1. The summed E-state index contributed by atoms with van der Waals surface area (Å²) in [5, 5.41) is 8.64. The third kappa shape index (κ3) is 3.14. The van der Waals surface area contributed by atoms with Crippen LogP contribution in [0.4, 0.5) is 0 Å². The van der Waals surface area contributed by atoms with Gasteiger partial charge in [-0.05, 0) is 12.1 Å². The molecule has 0 aliphatic carbocycles. The van der Waals surface area contributed by atoms with Gasteiger partial charge in [0.05, 0.1) is 11.4 Å². The molecule has 0 bridgehead atoms. The van der Waals surface area contributed by atoms with Crippen LogP contribution in [-0.2, 0) is 9.59 Å². The number of carboxylic acids is 1. The maximum Gasteiger partial charge on any atom is 0.372 e. The van der Waals surface area contributed by atoms with Crippen LogP contribution < -0.4 is 0 Å². The maximum atomic E-state index is 11.3. The summed E-state index contributed by atoms with van der Waals surface area (Å²) in [6.07, 6.45) is 0.560. The highest BCUT2D eigenvalue weighted by Crippen LogP contribution is 2.07. The first-order chi connectivity index (χ1) is 7.00. The molecule has 78 valence electrons. The number of aromatic nitrogens is 1. The number of hydrogen-bond donors (Lipinski definition) is 1. The van der Waals surface area contributed by atoms with E-state index in [-0.39, 0.29) is 5.69 Å². The number of carbonyl (C=O) groups excluding carboxylic acids is 2. The molecule has 0 fully saturated rings. The SMILES string of the molecule is O=C(O)C(=O)CC(=O)c1ccc(Cl)cn1. The zero-order valence-corrected chi connectivity index (χ0v) is 8.19. The molecule has 0 atom stereocenters. The zero-order chi connectivity index (χ0) is 11.4. The lowest BCUT2D eigenvalue weighted by Gasteiger charge is -1.97. The van der Waals surface area contributed by atoms with E-state index < -0.39 is 24.0 Å². The van der Waals surface area contributed by atoms with Gasteiger partial charge in [0.2, 0.25) is 5.78 Å². The number of carbonyl (C=O) groups is 3. The van der Waals surface area contributed by atoms with Crippen molar-refractivity contribution in [1.82, 2.24) is 4.98 Å². The fourth-order valence-electron chi connectivity index (χ4n) is 0.853. The van der Waals surface area contributed by atoms with Gasteiger partial charge in [-0.25, -0.2) is 4.79 Å². The Morgan fingerprint density at radius 1 is 1.33 bits per heavy atom. The summed E-state index contributed by atoms with van der Waals surface area (Å²) in [4.78, 5) is 35.8. The molecule has 1 aromatic heterocycles. The lowest BCUT2D eigenvalue weighted by atomic mass is 10.1. The van der Waals surface area contributed by atoms with E-state index in [0.29, 0.717) is 5.02 Å². The molecule has 0 amide bonds. The molecule has 1 heterocycles. The Hall–Kier alpha value is -1.75. The molecule has 0 aliphatic heterocycles. The Morgan fingerprint density at radius 3 is 2.47 bits per heavy atom. The lowest BCUT2D eigenvalue weighted by molar-refractivity contribution is -0.148. The van der Waals surface area contributed by atoms with Gasteiger partial charge >= 0.3 is 5.97 Å². The number of nitrogens with zero attached hydrogens (tertiary/aromatic N) is 1. The van der Waals surface area contributed by atoms with Crippen molar-refractivity contribution in [2.24, 2.45) is 0 Å². The van der Waals surface area contributed by atoms with Crippen LogP contribution >= 0.6 is 11.6 Å². The molecule has 0 aromatic carbocycles. The molecule has 6 heteroatoms. The smallest absolute Gasteiger partial charge is 0.372 e. The summed E-state index contributed by atoms with van der Waals surface area (Å²) < 4.78 is 0. The Bertz CT molecular complexity index is 413. The third-order valence-corrected chi connectivity index (χ3v) is 1.80. The number of rotatable bonds is 4. The van der Waals surface area contributed by atoms with Crippen molar-refractivity contribution in [3.63, 3.8) is 0 Å². The summed E-state index contributed by atoms with van der Waals surface area (Å²) in [5.41, 5.74) is 0.0222. The van der Waals surface area contributed by atoms with Gasteiger partial charge < -0.3 is 5.11 Å². The van der Waals surface area contributed by atoms with E-state index in [9.17, 15) is 14.4 Å². The van der Waals surface area contributed by atoms with E-state index in [1.54, 1.807) is 0 Å². The lowest BCUT2D eigenvalue weighted by Crippen LogP contribution is -2.17. The molecule has 1 aromatic rings. The van der Waals surface area contributed by atoms with E-state index in [4.69, 9.17) is 16.7 Å². The Kier molecular flexibility index (Phi) is 3.51.